The summed E-state index contributed by atoms with van der Waals surface area (Å²) < 4.78 is 17.2. The van der Waals surface area contributed by atoms with Gasteiger partial charge in [0.25, 0.3) is 0 Å². The molecule has 19 heavy (non-hydrogen) atoms. The second-order valence-electron chi connectivity index (χ2n) is 4.05. The first-order chi connectivity index (χ1) is 9.05. The minimum Gasteiger partial charge on any atom is -0.374 e. The third kappa shape index (κ3) is 6.86. The van der Waals surface area contributed by atoms with E-state index in [9.17, 15) is 4.79 Å². The van der Waals surface area contributed by atoms with Crippen LogP contribution in [0, 0.1) is 0 Å². The number of nitrogens with zero attached hydrogens (tertiary/aromatic N) is 1. The van der Waals surface area contributed by atoms with Gasteiger partial charge in [-0.25, -0.2) is 0 Å². The monoisotopic (exact) mass is 289 g/mol. The molecule has 0 aromatic heterocycles. The fourth-order valence-electron chi connectivity index (χ4n) is 1.80. The molecule has 0 aliphatic carbocycles. The Morgan fingerprint density at radius 2 is 1.63 bits per heavy atom. The maximum Gasteiger partial charge on any atom is 0.500 e. The Hall–Kier alpha value is -0.693. The highest BCUT2D eigenvalue weighted by atomic mass is 28.4. The maximum atomic E-state index is 11.4. The lowest BCUT2D eigenvalue weighted by Gasteiger charge is -2.29. The van der Waals surface area contributed by atoms with Crippen LogP contribution in [-0.2, 0) is 18.1 Å². The summed E-state index contributed by atoms with van der Waals surface area (Å²) in [7, 11) is -0.812. The smallest absolute Gasteiger partial charge is 0.374 e. The van der Waals surface area contributed by atoms with Gasteiger partial charge in [0.1, 0.15) is 0 Å². The summed E-state index contributed by atoms with van der Waals surface area (Å²) in [6.45, 7) is 11.7. The number of rotatable bonds is 11. The van der Waals surface area contributed by atoms with E-state index < -0.39 is 8.80 Å². The minimum absolute atomic E-state index is 0.0727. The lowest BCUT2D eigenvalue weighted by atomic mass is 10.4. The summed E-state index contributed by atoms with van der Waals surface area (Å²) in [5.41, 5.74) is 0. The van der Waals surface area contributed by atoms with Crippen molar-refractivity contribution in [1.29, 1.82) is 0 Å². The molecule has 0 aromatic rings. The number of likely N-dealkylation sites (N-methyl/N-ethyl adjacent to an activating group) is 1. The van der Waals surface area contributed by atoms with E-state index in [0.29, 0.717) is 26.4 Å². The average molecular weight is 289 g/mol. The van der Waals surface area contributed by atoms with Crippen LogP contribution in [0.25, 0.3) is 0 Å². The van der Waals surface area contributed by atoms with Crippen LogP contribution in [0.3, 0.4) is 0 Å². The average Bonchev–Trinajstić information content (AvgIpc) is 2.38. The van der Waals surface area contributed by atoms with Crippen molar-refractivity contribution >= 4 is 14.7 Å². The molecule has 0 aliphatic rings. The van der Waals surface area contributed by atoms with Gasteiger partial charge in [-0.05, 0) is 33.3 Å². The van der Waals surface area contributed by atoms with Gasteiger partial charge >= 0.3 is 8.80 Å². The highest BCUT2D eigenvalue weighted by Gasteiger charge is 2.39. The van der Waals surface area contributed by atoms with Crippen LogP contribution in [0.15, 0.2) is 12.7 Å². The molecule has 6 heteroatoms. The van der Waals surface area contributed by atoms with Crippen LogP contribution in [-0.4, -0.2) is 53.0 Å². The van der Waals surface area contributed by atoms with Crippen molar-refractivity contribution in [3.63, 3.8) is 0 Å². The molecule has 0 fully saturated rings. The Bertz CT molecular complexity index is 256. The predicted molar refractivity (Wildman–Crippen MR) is 77.9 cm³/mol. The van der Waals surface area contributed by atoms with Crippen LogP contribution >= 0.6 is 0 Å². The van der Waals surface area contributed by atoms with Gasteiger partial charge in [-0.1, -0.05) is 6.58 Å². The van der Waals surface area contributed by atoms with Gasteiger partial charge in [0, 0.05) is 39.5 Å². The molecule has 0 N–H and O–H groups in total. The number of carbonyl (C=O) groups is 1. The van der Waals surface area contributed by atoms with Crippen LogP contribution in [0.1, 0.15) is 27.2 Å². The van der Waals surface area contributed by atoms with Gasteiger partial charge in [0.05, 0.1) is 0 Å². The molecular weight excluding hydrogens is 262 g/mol. The van der Waals surface area contributed by atoms with Crippen molar-refractivity contribution in [2.75, 3.05) is 33.4 Å². The van der Waals surface area contributed by atoms with Crippen molar-refractivity contribution < 1.29 is 18.1 Å². The molecule has 5 nitrogen and oxygen atoms in total. The Kier molecular flexibility index (Phi) is 9.77. The summed E-state index contributed by atoms with van der Waals surface area (Å²) in [5.74, 6) is -0.0727. The minimum atomic E-state index is -2.57. The molecule has 0 unspecified atom stereocenters. The van der Waals surface area contributed by atoms with E-state index in [-0.39, 0.29) is 5.91 Å². The topological polar surface area (TPSA) is 48.0 Å². The van der Waals surface area contributed by atoms with E-state index >= 15 is 0 Å². The molecule has 0 aromatic carbocycles. The first kappa shape index (κ1) is 18.3. The van der Waals surface area contributed by atoms with Crippen molar-refractivity contribution in [1.82, 2.24) is 4.90 Å². The van der Waals surface area contributed by atoms with E-state index in [2.05, 4.69) is 6.58 Å². The molecule has 1 amide bonds. The molecule has 0 saturated carbocycles. The molecule has 0 saturated heterocycles. The van der Waals surface area contributed by atoms with Gasteiger partial charge < -0.3 is 18.2 Å². The summed E-state index contributed by atoms with van der Waals surface area (Å²) in [6.07, 6.45) is 2.11. The standard InChI is InChI=1S/C13H27NO4Si/c1-6-13(15)14(5)11-10-12-19(16-7-2,17-8-3)18-9-4/h6H,1,7-12H2,2-5H3. The van der Waals surface area contributed by atoms with Crippen LogP contribution in [0.5, 0.6) is 0 Å². The molecule has 0 atom stereocenters. The zero-order valence-corrected chi connectivity index (χ0v) is 13.6. The second kappa shape index (κ2) is 10.1. The Labute approximate surface area is 117 Å². The van der Waals surface area contributed by atoms with Gasteiger partial charge in [0.2, 0.25) is 5.91 Å². The van der Waals surface area contributed by atoms with Gasteiger partial charge in [-0.15, -0.1) is 0 Å². The van der Waals surface area contributed by atoms with E-state index in [1.54, 1.807) is 11.9 Å². The summed E-state index contributed by atoms with van der Waals surface area (Å²) in [5, 5.41) is 0. The molecule has 0 heterocycles. The number of hydrogen-bond acceptors (Lipinski definition) is 4. The van der Waals surface area contributed by atoms with Crippen molar-refractivity contribution in [3.8, 4) is 0 Å². The third-order valence-corrected chi connectivity index (χ3v) is 5.77. The number of amides is 1. The zero-order valence-electron chi connectivity index (χ0n) is 12.6. The van der Waals surface area contributed by atoms with E-state index in [1.807, 2.05) is 20.8 Å². The van der Waals surface area contributed by atoms with Crippen LogP contribution < -0.4 is 0 Å². The second-order valence-corrected chi connectivity index (χ2v) is 6.78. The van der Waals surface area contributed by atoms with Crippen molar-refractivity contribution in [2.24, 2.45) is 0 Å². The van der Waals surface area contributed by atoms with E-state index in [0.717, 1.165) is 12.5 Å². The van der Waals surface area contributed by atoms with Crippen molar-refractivity contribution in [3.05, 3.63) is 12.7 Å². The van der Waals surface area contributed by atoms with Gasteiger partial charge in [-0.2, -0.15) is 0 Å². The highest BCUT2D eigenvalue weighted by molar-refractivity contribution is 6.60. The molecular formula is C13H27NO4Si. The van der Waals surface area contributed by atoms with Crippen LogP contribution in [0.2, 0.25) is 6.04 Å². The number of hydrogen-bond donors (Lipinski definition) is 0. The van der Waals surface area contributed by atoms with Gasteiger partial charge in [-0.3, -0.25) is 4.79 Å². The van der Waals surface area contributed by atoms with Crippen LogP contribution in [0.4, 0.5) is 0 Å². The first-order valence-electron chi connectivity index (χ1n) is 6.84. The Morgan fingerprint density at radius 1 is 1.16 bits per heavy atom. The fraction of sp³-hybridized carbons (Fsp3) is 0.769. The molecule has 112 valence electrons. The predicted octanol–water partition coefficient (Wildman–Crippen LogP) is 2.07. The Morgan fingerprint density at radius 3 is 2.00 bits per heavy atom. The molecule has 0 bridgehead atoms. The highest BCUT2D eigenvalue weighted by Crippen LogP contribution is 2.18. The zero-order chi connectivity index (χ0) is 14.7. The fourth-order valence-corrected chi connectivity index (χ4v) is 4.39. The van der Waals surface area contributed by atoms with Gasteiger partial charge in [0.15, 0.2) is 0 Å². The lowest BCUT2D eigenvalue weighted by molar-refractivity contribution is -0.124. The summed E-state index contributed by atoms with van der Waals surface area (Å²) in [4.78, 5) is 13.0. The maximum absolute atomic E-state index is 11.4. The molecule has 0 radical (unpaired) electrons. The molecule has 0 spiro atoms. The van der Waals surface area contributed by atoms with E-state index in [1.165, 1.54) is 6.08 Å². The van der Waals surface area contributed by atoms with E-state index in [4.69, 9.17) is 13.3 Å². The number of carbonyl (C=O) groups excluding carboxylic acids is 1. The third-order valence-electron chi connectivity index (χ3n) is 2.62. The SMILES string of the molecule is C=CC(=O)N(C)CCC[Si](OCC)(OCC)OCC. The summed E-state index contributed by atoms with van der Waals surface area (Å²) >= 11 is 0. The largest absolute Gasteiger partial charge is 0.500 e. The lowest BCUT2D eigenvalue weighted by Crippen LogP contribution is -2.46. The molecule has 0 rings (SSSR count). The first-order valence-corrected chi connectivity index (χ1v) is 8.77. The quantitative estimate of drug-likeness (QED) is 0.431. The normalized spacial score (nSPS) is 11.4. The van der Waals surface area contributed by atoms with Crippen molar-refractivity contribution in [2.45, 2.75) is 33.2 Å². The Balaban J connectivity index is 4.38. The summed E-state index contributed by atoms with van der Waals surface area (Å²) in [6, 6.07) is 0.720. The molecule has 0 aliphatic heterocycles.